The number of rotatable bonds is 3. The van der Waals surface area contributed by atoms with Gasteiger partial charge in [-0.1, -0.05) is 22.9 Å². The lowest BCUT2D eigenvalue weighted by molar-refractivity contribution is -0.138. The summed E-state index contributed by atoms with van der Waals surface area (Å²) in [5, 5.41) is 5.38. The molecule has 1 aliphatic heterocycles. The summed E-state index contributed by atoms with van der Waals surface area (Å²) < 4.78 is 43.4. The molecule has 1 aromatic heterocycles. The van der Waals surface area contributed by atoms with E-state index in [1.54, 1.807) is 0 Å². The third-order valence-corrected chi connectivity index (χ3v) is 4.66. The van der Waals surface area contributed by atoms with Crippen molar-refractivity contribution in [3.05, 3.63) is 39.9 Å². The number of ether oxygens (including phenoxy) is 1. The second kappa shape index (κ2) is 6.72. The lowest BCUT2D eigenvalue weighted by Crippen LogP contribution is -2.37. The van der Waals surface area contributed by atoms with Crippen LogP contribution in [0.15, 0.2) is 24.3 Å². The van der Waals surface area contributed by atoms with Gasteiger partial charge < -0.3 is 9.64 Å². The molecule has 12 heteroatoms. The molecule has 0 N–H and O–H groups in total. The smallest absolute Gasteiger partial charge is 0.435 e. The van der Waals surface area contributed by atoms with Crippen molar-refractivity contribution in [2.75, 3.05) is 18.5 Å². The summed E-state index contributed by atoms with van der Waals surface area (Å²) in [6.45, 7) is -0.0287. The number of carbonyl (C=O) groups excluding carboxylic acids is 2. The molecule has 3 rings (SSSR count). The van der Waals surface area contributed by atoms with E-state index >= 15 is 0 Å². The van der Waals surface area contributed by atoms with Gasteiger partial charge in [-0.05, 0) is 24.3 Å². The number of carbonyl (C=O) groups is 2. The van der Waals surface area contributed by atoms with Gasteiger partial charge in [-0.15, -0.1) is 10.2 Å². The van der Waals surface area contributed by atoms with E-state index in [1.165, 1.54) is 36.2 Å². The number of hydrogen-bond acceptors (Lipinski definition) is 6. The Kier molecular flexibility index (Phi) is 4.76. The predicted octanol–water partition coefficient (Wildman–Crippen LogP) is 3.27. The highest BCUT2D eigenvalue weighted by molar-refractivity contribution is 7.15. The number of likely N-dealkylation sites (N-methyl/N-ethyl adjacent to an activating group) is 1. The molecule has 1 aliphatic rings. The summed E-state index contributed by atoms with van der Waals surface area (Å²) >= 11 is 5.94. The first kappa shape index (κ1) is 18.4. The monoisotopic (exact) mass is 406 g/mol. The minimum Gasteiger partial charge on any atom is -0.435 e. The van der Waals surface area contributed by atoms with Crippen LogP contribution < -0.4 is 4.90 Å². The van der Waals surface area contributed by atoms with Gasteiger partial charge in [0.15, 0.2) is 0 Å². The minimum absolute atomic E-state index is 0.0287. The maximum absolute atomic E-state index is 12.7. The maximum atomic E-state index is 12.7. The summed E-state index contributed by atoms with van der Waals surface area (Å²) in [5.74, 6) is -0.750. The average Bonchev–Trinajstić information content (AvgIpc) is 3.14. The van der Waals surface area contributed by atoms with Crippen molar-refractivity contribution in [3.8, 4) is 0 Å². The molecule has 7 nitrogen and oxygen atoms in total. The number of nitrogens with zero attached hydrogens (tertiary/aromatic N) is 4. The molecule has 0 bridgehead atoms. The molecule has 1 unspecified atom stereocenters. The largest absolute Gasteiger partial charge is 0.445 e. The van der Waals surface area contributed by atoms with Crippen molar-refractivity contribution < 1.29 is 27.5 Å². The molecule has 138 valence electrons. The highest BCUT2D eigenvalue weighted by atomic mass is 35.5. The van der Waals surface area contributed by atoms with E-state index in [1.807, 2.05) is 0 Å². The second-order valence-electron chi connectivity index (χ2n) is 5.29. The number of halogens is 4. The van der Waals surface area contributed by atoms with Gasteiger partial charge >= 0.3 is 18.2 Å². The fraction of sp³-hybridized carbons (Fsp3) is 0.286. The lowest BCUT2D eigenvalue weighted by atomic mass is 10.2. The standard InChI is InChI=1S/C14H10ClF3N4O3S/c1-21-6-9(25-10(23)7-2-4-8(15)5-3-7)22(13(21)24)12-20-19-11(26-12)14(16,17)18/h2-5,9H,6H2,1H3. The molecule has 1 atom stereocenters. The van der Waals surface area contributed by atoms with Gasteiger partial charge in [-0.3, -0.25) is 0 Å². The number of aromatic nitrogens is 2. The molecule has 2 amide bonds. The van der Waals surface area contributed by atoms with E-state index in [0.29, 0.717) is 5.02 Å². The number of hydrogen-bond donors (Lipinski definition) is 0. The fourth-order valence-corrected chi connectivity index (χ4v) is 3.07. The molecular weight excluding hydrogens is 397 g/mol. The Hall–Kier alpha value is -2.40. The Morgan fingerprint density at radius 2 is 1.96 bits per heavy atom. The van der Waals surface area contributed by atoms with Crippen LogP contribution in [0.1, 0.15) is 15.4 Å². The van der Waals surface area contributed by atoms with Crippen LogP contribution in [-0.4, -0.2) is 46.9 Å². The molecule has 2 heterocycles. The van der Waals surface area contributed by atoms with Gasteiger partial charge in [0.05, 0.1) is 12.1 Å². The van der Waals surface area contributed by atoms with Crippen molar-refractivity contribution in [3.63, 3.8) is 0 Å². The van der Waals surface area contributed by atoms with Crippen LogP contribution in [0.5, 0.6) is 0 Å². The molecule has 0 radical (unpaired) electrons. The van der Waals surface area contributed by atoms with E-state index in [9.17, 15) is 22.8 Å². The van der Waals surface area contributed by atoms with Crippen LogP contribution in [-0.2, 0) is 10.9 Å². The molecule has 26 heavy (non-hydrogen) atoms. The third-order valence-electron chi connectivity index (χ3n) is 3.44. The first-order chi connectivity index (χ1) is 12.2. The zero-order valence-corrected chi connectivity index (χ0v) is 14.6. The van der Waals surface area contributed by atoms with Crippen molar-refractivity contribution in [1.82, 2.24) is 15.1 Å². The van der Waals surface area contributed by atoms with Crippen molar-refractivity contribution in [2.45, 2.75) is 12.4 Å². The van der Waals surface area contributed by atoms with E-state index in [4.69, 9.17) is 16.3 Å². The second-order valence-corrected chi connectivity index (χ2v) is 6.68. The summed E-state index contributed by atoms with van der Waals surface area (Å²) in [6, 6.07) is 5.19. The zero-order chi connectivity index (χ0) is 19.1. The van der Waals surface area contributed by atoms with Crippen LogP contribution in [0, 0.1) is 0 Å². The fourth-order valence-electron chi connectivity index (χ4n) is 2.20. The van der Waals surface area contributed by atoms with Gasteiger partial charge in [0, 0.05) is 12.1 Å². The van der Waals surface area contributed by atoms with Crippen LogP contribution in [0.3, 0.4) is 0 Å². The van der Waals surface area contributed by atoms with Gasteiger partial charge in [-0.25, -0.2) is 14.5 Å². The average molecular weight is 407 g/mol. The Labute approximate surface area is 153 Å². The Bertz CT molecular complexity index is 843. The predicted molar refractivity (Wildman–Crippen MR) is 86.1 cm³/mol. The molecule has 1 saturated heterocycles. The highest BCUT2D eigenvalue weighted by Crippen LogP contribution is 2.36. The van der Waals surface area contributed by atoms with Crippen LogP contribution in [0.2, 0.25) is 5.02 Å². The van der Waals surface area contributed by atoms with Crippen molar-refractivity contribution in [1.29, 1.82) is 0 Å². The van der Waals surface area contributed by atoms with E-state index in [-0.39, 0.29) is 28.6 Å². The van der Waals surface area contributed by atoms with Crippen LogP contribution >= 0.6 is 22.9 Å². The van der Waals surface area contributed by atoms with E-state index < -0.39 is 29.4 Å². The number of alkyl halides is 3. The van der Waals surface area contributed by atoms with Crippen molar-refractivity contribution >= 4 is 40.1 Å². The summed E-state index contributed by atoms with van der Waals surface area (Å²) in [6.07, 6.45) is -5.82. The lowest BCUT2D eigenvalue weighted by Gasteiger charge is -2.19. The molecule has 0 spiro atoms. The van der Waals surface area contributed by atoms with E-state index in [2.05, 4.69) is 10.2 Å². The molecule has 2 aromatic rings. The number of anilines is 1. The quantitative estimate of drug-likeness (QED) is 0.731. The maximum Gasteiger partial charge on any atom is 0.445 e. The first-order valence-electron chi connectivity index (χ1n) is 7.08. The molecule has 1 aromatic carbocycles. The molecule has 1 fully saturated rings. The van der Waals surface area contributed by atoms with Gasteiger partial charge in [0.1, 0.15) is 0 Å². The molecule has 0 saturated carbocycles. The first-order valence-corrected chi connectivity index (χ1v) is 8.28. The Morgan fingerprint density at radius 3 is 2.54 bits per heavy atom. The molecular formula is C14H10ClF3N4O3S. The summed E-state index contributed by atoms with van der Waals surface area (Å²) in [5.41, 5.74) is 0.185. The number of urea groups is 1. The third kappa shape index (κ3) is 3.58. The van der Waals surface area contributed by atoms with Gasteiger partial charge in [0.25, 0.3) is 0 Å². The van der Waals surface area contributed by atoms with Crippen LogP contribution in [0.4, 0.5) is 23.1 Å². The van der Waals surface area contributed by atoms with Crippen LogP contribution in [0.25, 0.3) is 0 Å². The highest BCUT2D eigenvalue weighted by Gasteiger charge is 2.43. The van der Waals surface area contributed by atoms with E-state index in [0.717, 1.165) is 4.90 Å². The van der Waals surface area contributed by atoms with Gasteiger partial charge in [0.2, 0.25) is 16.4 Å². The minimum atomic E-state index is -4.68. The summed E-state index contributed by atoms with van der Waals surface area (Å²) in [4.78, 5) is 26.5. The number of esters is 1. The normalized spacial score (nSPS) is 17.7. The Morgan fingerprint density at radius 1 is 1.31 bits per heavy atom. The zero-order valence-electron chi connectivity index (χ0n) is 13.0. The topological polar surface area (TPSA) is 75.6 Å². The van der Waals surface area contributed by atoms with Gasteiger partial charge in [-0.2, -0.15) is 13.2 Å². The number of amides is 2. The summed E-state index contributed by atoms with van der Waals surface area (Å²) in [7, 11) is 1.43. The Balaban J connectivity index is 1.83. The van der Waals surface area contributed by atoms with Crippen molar-refractivity contribution in [2.24, 2.45) is 0 Å². The number of benzene rings is 1. The molecule has 0 aliphatic carbocycles. The SMILES string of the molecule is CN1CC(OC(=O)c2ccc(Cl)cc2)N(c2nnc(C(F)(F)F)s2)C1=O.